The fourth-order valence-electron chi connectivity index (χ4n) is 4.02. The van der Waals surface area contributed by atoms with Crippen LogP contribution in [0.25, 0.3) is 0 Å². The number of nitrogens with zero attached hydrogens (tertiary/aromatic N) is 1. The smallest absolute Gasteiger partial charge is 0.318 e. The zero-order chi connectivity index (χ0) is 17.3. The number of rotatable bonds is 3. The third-order valence-electron chi connectivity index (χ3n) is 5.18. The van der Waals surface area contributed by atoms with Crippen molar-refractivity contribution in [3.63, 3.8) is 0 Å². The van der Waals surface area contributed by atoms with Crippen molar-refractivity contribution < 1.29 is 14.6 Å². The van der Waals surface area contributed by atoms with Crippen molar-refractivity contribution in [3.05, 3.63) is 35.4 Å². The molecule has 0 aromatic heterocycles. The van der Waals surface area contributed by atoms with Gasteiger partial charge in [-0.25, -0.2) is 4.79 Å². The maximum absolute atomic E-state index is 12.8. The molecule has 1 saturated heterocycles. The number of benzene rings is 1. The van der Waals surface area contributed by atoms with Crippen molar-refractivity contribution in [2.24, 2.45) is 0 Å². The first-order chi connectivity index (χ1) is 11.4. The Kier molecular flexibility index (Phi) is 4.83. The molecule has 0 unspecified atom stereocenters. The summed E-state index contributed by atoms with van der Waals surface area (Å²) in [6.07, 6.45) is 1.00. The summed E-state index contributed by atoms with van der Waals surface area (Å²) in [7, 11) is 0. The largest absolute Gasteiger partial charge is 0.393 e. The minimum Gasteiger partial charge on any atom is -0.393 e. The predicted molar refractivity (Wildman–Crippen MR) is 93.0 cm³/mol. The lowest BCUT2D eigenvalue weighted by molar-refractivity contribution is -0.00488. The van der Waals surface area contributed by atoms with Gasteiger partial charge in [-0.15, -0.1) is 0 Å². The average Bonchev–Trinajstić information content (AvgIpc) is 2.78. The van der Waals surface area contributed by atoms with Gasteiger partial charge in [-0.1, -0.05) is 38.1 Å². The number of carbonyl (C=O) groups is 1. The van der Waals surface area contributed by atoms with Gasteiger partial charge in [0, 0.05) is 6.54 Å². The topological polar surface area (TPSA) is 61.8 Å². The Morgan fingerprint density at radius 3 is 2.96 bits per heavy atom. The fourth-order valence-corrected chi connectivity index (χ4v) is 4.02. The average molecular weight is 332 g/mol. The minimum absolute atomic E-state index is 0.0405. The molecule has 3 atom stereocenters. The summed E-state index contributed by atoms with van der Waals surface area (Å²) in [6.45, 7) is 7.81. The number of carbonyl (C=O) groups excluding carboxylic acids is 1. The van der Waals surface area contributed by atoms with E-state index in [2.05, 4.69) is 37.4 Å². The SMILES string of the molecule is C[C@H](O)C[C@H]1COCCN1C(=O)N[C@H]1CC(C)(C)c2ccccc21. The molecule has 0 bridgehead atoms. The van der Waals surface area contributed by atoms with E-state index in [9.17, 15) is 9.90 Å². The van der Waals surface area contributed by atoms with Crippen LogP contribution in [-0.4, -0.2) is 47.9 Å². The molecule has 0 saturated carbocycles. The van der Waals surface area contributed by atoms with Gasteiger partial charge >= 0.3 is 6.03 Å². The molecule has 24 heavy (non-hydrogen) atoms. The molecule has 1 aliphatic heterocycles. The van der Waals surface area contributed by atoms with Gasteiger partial charge in [-0.3, -0.25) is 0 Å². The van der Waals surface area contributed by atoms with E-state index in [1.807, 2.05) is 11.0 Å². The van der Waals surface area contributed by atoms with Crippen molar-refractivity contribution in [3.8, 4) is 0 Å². The highest BCUT2D eigenvalue weighted by molar-refractivity contribution is 5.75. The normalized spacial score (nSPS) is 26.8. The van der Waals surface area contributed by atoms with Gasteiger partial charge in [0.1, 0.15) is 0 Å². The summed E-state index contributed by atoms with van der Waals surface area (Å²) in [5.41, 5.74) is 2.60. The number of fused-ring (bicyclic) bond motifs is 1. The van der Waals surface area contributed by atoms with E-state index in [0.717, 1.165) is 6.42 Å². The van der Waals surface area contributed by atoms with Crippen LogP contribution >= 0.6 is 0 Å². The van der Waals surface area contributed by atoms with E-state index in [4.69, 9.17) is 4.74 Å². The van der Waals surface area contributed by atoms with Gasteiger partial charge in [0.2, 0.25) is 0 Å². The van der Waals surface area contributed by atoms with Crippen molar-refractivity contribution in [2.45, 2.75) is 57.2 Å². The first-order valence-electron chi connectivity index (χ1n) is 8.81. The van der Waals surface area contributed by atoms with E-state index in [-0.39, 0.29) is 23.5 Å². The summed E-state index contributed by atoms with van der Waals surface area (Å²) in [6, 6.07) is 8.28. The van der Waals surface area contributed by atoms with Crippen molar-refractivity contribution >= 4 is 6.03 Å². The van der Waals surface area contributed by atoms with Gasteiger partial charge in [0.05, 0.1) is 31.4 Å². The molecule has 5 nitrogen and oxygen atoms in total. The number of aliphatic hydroxyl groups is 1. The molecule has 0 radical (unpaired) electrons. The summed E-state index contributed by atoms with van der Waals surface area (Å²) < 4.78 is 5.49. The number of hydrogen-bond acceptors (Lipinski definition) is 3. The van der Waals surface area contributed by atoms with E-state index < -0.39 is 6.10 Å². The van der Waals surface area contributed by atoms with Crippen molar-refractivity contribution in [1.29, 1.82) is 0 Å². The monoisotopic (exact) mass is 332 g/mol. The zero-order valence-corrected chi connectivity index (χ0v) is 14.8. The Labute approximate surface area is 144 Å². The first kappa shape index (κ1) is 17.2. The molecule has 1 heterocycles. The highest BCUT2D eigenvalue weighted by atomic mass is 16.5. The molecule has 1 fully saturated rings. The Bertz CT molecular complexity index is 600. The molecular weight excluding hydrogens is 304 g/mol. The molecule has 2 aliphatic rings. The molecule has 1 aromatic rings. The third-order valence-corrected chi connectivity index (χ3v) is 5.18. The van der Waals surface area contributed by atoms with Crippen LogP contribution in [0.2, 0.25) is 0 Å². The standard InChI is InChI=1S/C19H28N2O3/c1-13(22)10-14-12-24-9-8-21(14)18(23)20-17-11-19(2,3)16-7-5-4-6-15(16)17/h4-7,13-14,17,22H,8-12H2,1-3H3,(H,20,23)/t13-,14-,17-/m0/s1. The highest BCUT2D eigenvalue weighted by Crippen LogP contribution is 2.44. The van der Waals surface area contributed by atoms with E-state index in [0.29, 0.717) is 26.2 Å². The summed E-state index contributed by atoms with van der Waals surface area (Å²) in [4.78, 5) is 14.7. The minimum atomic E-state index is -0.446. The van der Waals surface area contributed by atoms with Crippen molar-refractivity contribution in [1.82, 2.24) is 10.2 Å². The van der Waals surface area contributed by atoms with E-state index in [1.54, 1.807) is 6.92 Å². The lowest BCUT2D eigenvalue weighted by Gasteiger charge is -2.37. The zero-order valence-electron chi connectivity index (χ0n) is 14.8. The highest BCUT2D eigenvalue weighted by Gasteiger charge is 2.38. The molecule has 2 N–H and O–H groups in total. The van der Waals surface area contributed by atoms with Gasteiger partial charge in [0.15, 0.2) is 0 Å². The Hall–Kier alpha value is -1.59. The summed E-state index contributed by atoms with van der Waals surface area (Å²) in [5.74, 6) is 0. The number of urea groups is 1. The van der Waals surface area contributed by atoms with Crippen LogP contribution < -0.4 is 5.32 Å². The molecule has 0 spiro atoms. The second-order valence-corrected chi connectivity index (χ2v) is 7.68. The fraction of sp³-hybridized carbons (Fsp3) is 0.632. The molecule has 1 aliphatic carbocycles. The quantitative estimate of drug-likeness (QED) is 0.894. The molecule has 132 valence electrons. The summed E-state index contributed by atoms with van der Waals surface area (Å²) in [5, 5.41) is 12.9. The predicted octanol–water partition coefficient (Wildman–Crippen LogP) is 2.59. The van der Waals surface area contributed by atoms with Gasteiger partial charge < -0.3 is 20.1 Å². The lowest BCUT2D eigenvalue weighted by atomic mass is 9.86. The van der Waals surface area contributed by atoms with E-state index in [1.165, 1.54) is 11.1 Å². The Balaban J connectivity index is 1.73. The Morgan fingerprint density at radius 2 is 2.21 bits per heavy atom. The van der Waals surface area contributed by atoms with Crippen LogP contribution in [0, 0.1) is 0 Å². The molecule has 1 aromatic carbocycles. The number of morpholine rings is 1. The van der Waals surface area contributed by atoms with Crippen LogP contribution in [0.15, 0.2) is 24.3 Å². The lowest BCUT2D eigenvalue weighted by Crippen LogP contribution is -2.53. The van der Waals surface area contributed by atoms with Crippen molar-refractivity contribution in [2.75, 3.05) is 19.8 Å². The second kappa shape index (κ2) is 6.73. The number of hydrogen-bond donors (Lipinski definition) is 2. The van der Waals surface area contributed by atoms with E-state index >= 15 is 0 Å². The van der Waals surface area contributed by atoms with Crippen LogP contribution in [0.1, 0.15) is 50.8 Å². The Morgan fingerprint density at radius 1 is 1.46 bits per heavy atom. The number of amides is 2. The van der Waals surface area contributed by atoms with Crippen LogP contribution in [0.3, 0.4) is 0 Å². The van der Waals surface area contributed by atoms with Gasteiger partial charge in [-0.2, -0.15) is 0 Å². The maximum atomic E-state index is 12.8. The van der Waals surface area contributed by atoms with Crippen LogP contribution in [0.4, 0.5) is 4.79 Å². The van der Waals surface area contributed by atoms with Gasteiger partial charge in [0.25, 0.3) is 0 Å². The molecule has 2 amide bonds. The molecule has 5 heteroatoms. The first-order valence-corrected chi connectivity index (χ1v) is 8.81. The number of nitrogens with one attached hydrogen (secondary N) is 1. The number of ether oxygens (including phenoxy) is 1. The number of aliphatic hydroxyl groups excluding tert-OH is 1. The summed E-state index contributed by atoms with van der Waals surface area (Å²) >= 11 is 0. The molecular formula is C19H28N2O3. The maximum Gasteiger partial charge on any atom is 0.318 e. The second-order valence-electron chi connectivity index (χ2n) is 7.68. The third kappa shape index (κ3) is 3.42. The van der Waals surface area contributed by atoms with Gasteiger partial charge in [-0.05, 0) is 36.3 Å². The van der Waals surface area contributed by atoms with Crippen LogP contribution in [0.5, 0.6) is 0 Å². The molecule has 3 rings (SSSR count). The van der Waals surface area contributed by atoms with Crippen LogP contribution in [-0.2, 0) is 10.2 Å².